The van der Waals surface area contributed by atoms with Gasteiger partial charge in [0.15, 0.2) is 5.82 Å². The van der Waals surface area contributed by atoms with Crippen LogP contribution >= 0.6 is 23.2 Å². The highest BCUT2D eigenvalue weighted by atomic mass is 35.5. The van der Waals surface area contributed by atoms with E-state index in [1.165, 1.54) is 11.3 Å². The number of halogens is 2. The number of aromatic nitrogens is 3. The molecule has 0 atom stereocenters. The van der Waals surface area contributed by atoms with E-state index in [1.54, 1.807) is 0 Å². The molecule has 0 bridgehead atoms. The molecule has 3 heterocycles. The second-order valence-corrected chi connectivity index (χ2v) is 9.65. The predicted molar refractivity (Wildman–Crippen MR) is 141 cm³/mol. The van der Waals surface area contributed by atoms with Crippen LogP contribution in [-0.4, -0.2) is 52.7 Å². The molecular weight excluding hydrogens is 467 g/mol. The SMILES string of the molecule is CN1CCN(c2ccc(Cc3nc(NCc4c(Cl)cccc4Cl)c4c(ccn4C)n3)cc2)CC1. The molecular formula is C26H28Cl2N6. The highest BCUT2D eigenvalue weighted by Gasteiger charge is 2.15. The Labute approximate surface area is 210 Å². The number of aryl methyl sites for hydroxylation is 1. The van der Waals surface area contributed by atoms with Crippen molar-refractivity contribution in [3.63, 3.8) is 0 Å². The molecule has 5 rings (SSSR count). The average Bonchev–Trinajstić information content (AvgIpc) is 3.20. The minimum Gasteiger partial charge on any atom is -0.369 e. The zero-order valence-electron chi connectivity index (χ0n) is 19.4. The van der Waals surface area contributed by atoms with Gasteiger partial charge in [-0.15, -0.1) is 0 Å². The van der Waals surface area contributed by atoms with Gasteiger partial charge in [0.1, 0.15) is 11.3 Å². The molecule has 0 aliphatic carbocycles. The number of benzene rings is 2. The van der Waals surface area contributed by atoms with Crippen LogP contribution in [0.2, 0.25) is 10.0 Å². The number of hydrogen-bond acceptors (Lipinski definition) is 5. The first-order valence-electron chi connectivity index (χ1n) is 11.5. The van der Waals surface area contributed by atoms with E-state index in [4.69, 9.17) is 33.2 Å². The first-order chi connectivity index (χ1) is 16.5. The normalized spacial score (nSPS) is 14.6. The number of hydrogen-bond donors (Lipinski definition) is 1. The van der Waals surface area contributed by atoms with Crippen molar-refractivity contribution in [2.75, 3.05) is 43.4 Å². The monoisotopic (exact) mass is 494 g/mol. The number of piperazine rings is 1. The smallest absolute Gasteiger partial charge is 0.154 e. The van der Waals surface area contributed by atoms with E-state index in [-0.39, 0.29) is 0 Å². The topological polar surface area (TPSA) is 49.2 Å². The molecule has 1 aliphatic heterocycles. The van der Waals surface area contributed by atoms with Gasteiger partial charge >= 0.3 is 0 Å². The summed E-state index contributed by atoms with van der Waals surface area (Å²) in [5.74, 6) is 1.55. The first-order valence-corrected chi connectivity index (χ1v) is 12.2. The molecule has 0 spiro atoms. The van der Waals surface area contributed by atoms with E-state index in [2.05, 4.69) is 46.4 Å². The van der Waals surface area contributed by atoms with Crippen molar-refractivity contribution in [1.82, 2.24) is 19.4 Å². The van der Waals surface area contributed by atoms with Crippen LogP contribution < -0.4 is 10.2 Å². The van der Waals surface area contributed by atoms with Crippen molar-refractivity contribution < 1.29 is 0 Å². The summed E-state index contributed by atoms with van der Waals surface area (Å²) in [7, 11) is 4.17. The molecule has 1 fully saturated rings. The summed E-state index contributed by atoms with van der Waals surface area (Å²) in [5, 5.41) is 4.72. The zero-order chi connectivity index (χ0) is 23.7. The van der Waals surface area contributed by atoms with Crippen molar-refractivity contribution in [3.05, 3.63) is 81.7 Å². The molecule has 0 unspecified atom stereocenters. The van der Waals surface area contributed by atoms with Crippen molar-refractivity contribution in [2.45, 2.75) is 13.0 Å². The maximum atomic E-state index is 6.37. The van der Waals surface area contributed by atoms with Crippen molar-refractivity contribution >= 4 is 45.7 Å². The summed E-state index contributed by atoms with van der Waals surface area (Å²) in [4.78, 5) is 14.5. The zero-order valence-corrected chi connectivity index (χ0v) is 20.9. The molecule has 34 heavy (non-hydrogen) atoms. The van der Waals surface area contributed by atoms with Crippen LogP contribution in [0.4, 0.5) is 11.5 Å². The number of nitrogens with zero attached hydrogens (tertiary/aromatic N) is 5. The third-order valence-corrected chi connectivity index (χ3v) is 7.14. The van der Waals surface area contributed by atoms with Gasteiger partial charge in [0.2, 0.25) is 0 Å². The Kier molecular flexibility index (Phi) is 6.63. The Morgan fingerprint density at radius 2 is 1.59 bits per heavy atom. The molecule has 2 aromatic carbocycles. The van der Waals surface area contributed by atoms with Gasteiger partial charge in [-0.1, -0.05) is 41.4 Å². The van der Waals surface area contributed by atoms with Crippen LogP contribution in [0.1, 0.15) is 17.0 Å². The first kappa shape index (κ1) is 23.0. The van der Waals surface area contributed by atoms with Crippen LogP contribution in [0, 0.1) is 0 Å². The van der Waals surface area contributed by atoms with Gasteiger partial charge in [0, 0.05) is 73.7 Å². The summed E-state index contributed by atoms with van der Waals surface area (Å²) in [6.45, 7) is 4.81. The van der Waals surface area contributed by atoms with E-state index in [0.717, 1.165) is 54.4 Å². The summed E-state index contributed by atoms with van der Waals surface area (Å²) in [6, 6.07) is 16.3. The Hall–Kier alpha value is -2.80. The van der Waals surface area contributed by atoms with Crippen molar-refractivity contribution in [2.24, 2.45) is 7.05 Å². The lowest BCUT2D eigenvalue weighted by Crippen LogP contribution is -2.44. The summed E-state index contributed by atoms with van der Waals surface area (Å²) >= 11 is 12.7. The third kappa shape index (κ3) is 4.85. The molecule has 1 aliphatic rings. The fourth-order valence-electron chi connectivity index (χ4n) is 4.39. The summed E-state index contributed by atoms with van der Waals surface area (Å²) in [5.41, 5.74) is 5.18. The lowest BCUT2D eigenvalue weighted by Gasteiger charge is -2.34. The van der Waals surface area contributed by atoms with Crippen molar-refractivity contribution in [3.8, 4) is 0 Å². The molecule has 4 aromatic rings. The van der Waals surface area contributed by atoms with Gasteiger partial charge in [-0.05, 0) is 42.9 Å². The van der Waals surface area contributed by atoms with Gasteiger partial charge in [0.25, 0.3) is 0 Å². The molecule has 8 heteroatoms. The Bertz CT molecular complexity index is 1270. The second kappa shape index (κ2) is 9.82. The highest BCUT2D eigenvalue weighted by Crippen LogP contribution is 2.27. The molecule has 176 valence electrons. The van der Waals surface area contributed by atoms with Crippen molar-refractivity contribution in [1.29, 1.82) is 0 Å². The number of anilines is 2. The highest BCUT2D eigenvalue weighted by molar-refractivity contribution is 6.36. The van der Waals surface area contributed by atoms with Crippen LogP contribution in [0.15, 0.2) is 54.7 Å². The summed E-state index contributed by atoms with van der Waals surface area (Å²) in [6.07, 6.45) is 2.66. The standard InChI is InChI=1S/C26H28Cl2N6/c1-32-12-14-34(15-13-32)19-8-6-18(7-9-19)16-24-30-23-10-11-33(2)25(23)26(31-24)29-17-20-21(27)4-3-5-22(20)28/h3-11H,12-17H2,1-2H3,(H,29,30,31). The van der Waals surface area contributed by atoms with Gasteiger partial charge < -0.3 is 19.7 Å². The maximum absolute atomic E-state index is 6.37. The average molecular weight is 495 g/mol. The summed E-state index contributed by atoms with van der Waals surface area (Å²) < 4.78 is 2.03. The van der Waals surface area contributed by atoms with Gasteiger partial charge in [-0.2, -0.15) is 0 Å². The molecule has 0 amide bonds. The molecule has 1 N–H and O–H groups in total. The van der Waals surface area contributed by atoms with Gasteiger partial charge in [0.05, 0.1) is 5.52 Å². The Morgan fingerprint density at radius 1 is 0.882 bits per heavy atom. The lowest BCUT2D eigenvalue weighted by molar-refractivity contribution is 0.313. The Morgan fingerprint density at radius 3 is 2.29 bits per heavy atom. The molecule has 6 nitrogen and oxygen atoms in total. The fourth-order valence-corrected chi connectivity index (χ4v) is 4.92. The molecule has 2 aromatic heterocycles. The van der Waals surface area contributed by atoms with Gasteiger partial charge in [-0.3, -0.25) is 0 Å². The predicted octanol–water partition coefficient (Wildman–Crippen LogP) is 5.23. The minimum atomic E-state index is 0.481. The van der Waals surface area contributed by atoms with E-state index >= 15 is 0 Å². The lowest BCUT2D eigenvalue weighted by atomic mass is 10.1. The number of rotatable bonds is 6. The van der Waals surface area contributed by atoms with Crippen LogP contribution in [0.25, 0.3) is 11.0 Å². The van der Waals surface area contributed by atoms with E-state index < -0.39 is 0 Å². The number of fused-ring (bicyclic) bond motifs is 1. The Balaban J connectivity index is 1.37. The second-order valence-electron chi connectivity index (χ2n) is 8.84. The quantitative estimate of drug-likeness (QED) is 0.397. The van der Waals surface area contributed by atoms with E-state index in [0.29, 0.717) is 23.0 Å². The minimum absolute atomic E-state index is 0.481. The maximum Gasteiger partial charge on any atom is 0.154 e. The van der Waals surface area contributed by atoms with Gasteiger partial charge in [-0.25, -0.2) is 9.97 Å². The van der Waals surface area contributed by atoms with Crippen LogP contribution in [-0.2, 0) is 20.0 Å². The molecule has 0 radical (unpaired) electrons. The largest absolute Gasteiger partial charge is 0.369 e. The van der Waals surface area contributed by atoms with Crippen LogP contribution in [0.3, 0.4) is 0 Å². The van der Waals surface area contributed by atoms with E-state index in [9.17, 15) is 0 Å². The molecule has 1 saturated heterocycles. The van der Waals surface area contributed by atoms with Crippen LogP contribution in [0.5, 0.6) is 0 Å². The molecule has 0 saturated carbocycles. The number of nitrogens with one attached hydrogen (secondary N) is 1. The number of likely N-dealkylation sites (N-methyl/N-ethyl adjacent to an activating group) is 1. The third-order valence-electron chi connectivity index (χ3n) is 6.43. The van der Waals surface area contributed by atoms with E-state index in [1.807, 2.05) is 42.1 Å². The fraction of sp³-hybridized carbons (Fsp3) is 0.308.